The molecule has 1 aliphatic heterocycles. The standard InChI is InChI=1S/C14H19N3O/c18-14(17-8-2-1-3-9-17)13-10-12(6-7-15-13)16-11-4-5-11/h6-7,10-11H,1-5,8-9H2,(H,15,16). The summed E-state index contributed by atoms with van der Waals surface area (Å²) in [6.45, 7) is 1.75. The highest BCUT2D eigenvalue weighted by atomic mass is 16.2. The molecule has 2 aliphatic rings. The van der Waals surface area contributed by atoms with Crippen LogP contribution >= 0.6 is 0 Å². The number of pyridine rings is 1. The number of hydrogen-bond acceptors (Lipinski definition) is 3. The van der Waals surface area contributed by atoms with Gasteiger partial charge in [-0.2, -0.15) is 0 Å². The first-order valence-corrected chi connectivity index (χ1v) is 6.85. The lowest BCUT2D eigenvalue weighted by Crippen LogP contribution is -2.36. The average molecular weight is 245 g/mol. The quantitative estimate of drug-likeness (QED) is 0.888. The Hall–Kier alpha value is -1.58. The van der Waals surface area contributed by atoms with Crippen LogP contribution in [0, 0.1) is 0 Å². The smallest absolute Gasteiger partial charge is 0.272 e. The van der Waals surface area contributed by atoms with Crippen LogP contribution in [0.5, 0.6) is 0 Å². The van der Waals surface area contributed by atoms with Crippen LogP contribution in [0.1, 0.15) is 42.6 Å². The maximum Gasteiger partial charge on any atom is 0.272 e. The van der Waals surface area contributed by atoms with E-state index in [2.05, 4.69) is 10.3 Å². The van der Waals surface area contributed by atoms with E-state index in [0.717, 1.165) is 31.6 Å². The Labute approximate surface area is 107 Å². The van der Waals surface area contributed by atoms with Crippen molar-refractivity contribution in [2.45, 2.75) is 38.1 Å². The Bertz CT molecular complexity index is 436. The SMILES string of the molecule is O=C(c1cc(NC2CC2)ccn1)N1CCCCC1. The lowest BCUT2D eigenvalue weighted by molar-refractivity contribution is 0.0718. The molecule has 96 valence electrons. The zero-order valence-electron chi connectivity index (χ0n) is 10.6. The Balaban J connectivity index is 1.71. The first-order chi connectivity index (χ1) is 8.83. The molecule has 18 heavy (non-hydrogen) atoms. The molecule has 1 aromatic heterocycles. The van der Waals surface area contributed by atoms with Crippen LogP contribution in [-0.4, -0.2) is 34.9 Å². The molecular weight excluding hydrogens is 226 g/mol. The summed E-state index contributed by atoms with van der Waals surface area (Å²) in [6.07, 6.45) is 7.66. The number of nitrogens with zero attached hydrogens (tertiary/aromatic N) is 2. The average Bonchev–Trinajstić information content (AvgIpc) is 3.23. The summed E-state index contributed by atoms with van der Waals surface area (Å²) in [7, 11) is 0. The van der Waals surface area contributed by atoms with Gasteiger partial charge in [0.15, 0.2) is 0 Å². The minimum atomic E-state index is 0.0779. The Morgan fingerprint density at radius 1 is 1.28 bits per heavy atom. The summed E-state index contributed by atoms with van der Waals surface area (Å²) in [5, 5.41) is 3.40. The van der Waals surface area contributed by atoms with E-state index in [0.29, 0.717) is 11.7 Å². The largest absolute Gasteiger partial charge is 0.382 e. The van der Waals surface area contributed by atoms with E-state index in [1.165, 1.54) is 19.3 Å². The Morgan fingerprint density at radius 2 is 2.06 bits per heavy atom. The number of nitrogens with one attached hydrogen (secondary N) is 1. The molecule has 3 rings (SSSR count). The van der Waals surface area contributed by atoms with Crippen LogP contribution in [0.15, 0.2) is 18.3 Å². The van der Waals surface area contributed by atoms with E-state index < -0.39 is 0 Å². The third-order valence-electron chi connectivity index (χ3n) is 3.57. The summed E-state index contributed by atoms with van der Waals surface area (Å²) in [4.78, 5) is 18.4. The minimum Gasteiger partial charge on any atom is -0.382 e. The number of piperidine rings is 1. The molecule has 1 amide bonds. The predicted octanol–water partition coefficient (Wildman–Crippen LogP) is 2.28. The molecule has 2 fully saturated rings. The van der Waals surface area contributed by atoms with Gasteiger partial charge in [-0.15, -0.1) is 0 Å². The molecule has 0 spiro atoms. The molecular formula is C14H19N3O. The van der Waals surface area contributed by atoms with E-state index in [1.54, 1.807) is 6.20 Å². The monoisotopic (exact) mass is 245 g/mol. The lowest BCUT2D eigenvalue weighted by Gasteiger charge is -2.26. The molecule has 2 heterocycles. The molecule has 0 unspecified atom stereocenters. The highest BCUT2D eigenvalue weighted by molar-refractivity contribution is 5.93. The predicted molar refractivity (Wildman–Crippen MR) is 70.6 cm³/mol. The summed E-state index contributed by atoms with van der Waals surface area (Å²) in [5.41, 5.74) is 1.59. The zero-order valence-corrected chi connectivity index (χ0v) is 10.6. The van der Waals surface area contributed by atoms with Gasteiger partial charge >= 0.3 is 0 Å². The number of aromatic nitrogens is 1. The van der Waals surface area contributed by atoms with Gasteiger partial charge in [-0.1, -0.05) is 0 Å². The van der Waals surface area contributed by atoms with Crippen molar-refractivity contribution in [1.29, 1.82) is 0 Å². The maximum atomic E-state index is 12.3. The number of rotatable bonds is 3. The highest BCUT2D eigenvalue weighted by Crippen LogP contribution is 2.24. The molecule has 4 nitrogen and oxygen atoms in total. The molecule has 0 aromatic carbocycles. The van der Waals surface area contributed by atoms with E-state index in [9.17, 15) is 4.79 Å². The van der Waals surface area contributed by atoms with Gasteiger partial charge in [0.25, 0.3) is 5.91 Å². The van der Waals surface area contributed by atoms with Crippen molar-refractivity contribution in [3.8, 4) is 0 Å². The number of carbonyl (C=O) groups excluding carboxylic acids is 1. The number of likely N-dealkylation sites (tertiary alicyclic amines) is 1. The first kappa shape index (κ1) is 11.5. The fourth-order valence-electron chi connectivity index (χ4n) is 2.36. The number of anilines is 1. The van der Waals surface area contributed by atoms with E-state index in [1.807, 2.05) is 17.0 Å². The second kappa shape index (κ2) is 4.96. The zero-order chi connectivity index (χ0) is 12.4. The number of carbonyl (C=O) groups is 1. The summed E-state index contributed by atoms with van der Waals surface area (Å²) >= 11 is 0. The van der Waals surface area contributed by atoms with Crippen molar-refractivity contribution in [3.05, 3.63) is 24.0 Å². The Morgan fingerprint density at radius 3 is 2.78 bits per heavy atom. The van der Waals surface area contributed by atoms with Gasteiger partial charge in [-0.25, -0.2) is 0 Å². The summed E-state index contributed by atoms with van der Waals surface area (Å²) in [5.74, 6) is 0.0779. The molecule has 0 radical (unpaired) electrons. The molecule has 0 atom stereocenters. The van der Waals surface area contributed by atoms with Crippen molar-refractivity contribution in [2.75, 3.05) is 18.4 Å². The topological polar surface area (TPSA) is 45.2 Å². The van der Waals surface area contributed by atoms with E-state index in [-0.39, 0.29) is 5.91 Å². The van der Waals surface area contributed by atoms with E-state index >= 15 is 0 Å². The molecule has 1 aromatic rings. The van der Waals surface area contributed by atoms with Gasteiger partial charge in [0.2, 0.25) is 0 Å². The lowest BCUT2D eigenvalue weighted by atomic mass is 10.1. The molecule has 0 bridgehead atoms. The summed E-state index contributed by atoms with van der Waals surface area (Å²) < 4.78 is 0. The highest BCUT2D eigenvalue weighted by Gasteiger charge is 2.22. The van der Waals surface area contributed by atoms with Crippen LogP contribution in [0.2, 0.25) is 0 Å². The fraction of sp³-hybridized carbons (Fsp3) is 0.571. The summed E-state index contributed by atoms with van der Waals surface area (Å²) in [6, 6.07) is 4.42. The van der Waals surface area contributed by atoms with Crippen molar-refractivity contribution < 1.29 is 4.79 Å². The molecule has 1 saturated heterocycles. The maximum absolute atomic E-state index is 12.3. The van der Waals surface area contributed by atoms with Gasteiger partial charge in [-0.3, -0.25) is 9.78 Å². The third-order valence-corrected chi connectivity index (χ3v) is 3.57. The van der Waals surface area contributed by atoms with Crippen molar-refractivity contribution in [1.82, 2.24) is 9.88 Å². The van der Waals surface area contributed by atoms with Gasteiger partial charge in [0, 0.05) is 31.0 Å². The van der Waals surface area contributed by atoms with Crippen LogP contribution in [0.4, 0.5) is 5.69 Å². The van der Waals surface area contributed by atoms with Crippen LogP contribution < -0.4 is 5.32 Å². The first-order valence-electron chi connectivity index (χ1n) is 6.85. The molecule has 1 N–H and O–H groups in total. The van der Waals surface area contributed by atoms with Gasteiger partial charge in [-0.05, 0) is 44.2 Å². The van der Waals surface area contributed by atoms with Crippen molar-refractivity contribution >= 4 is 11.6 Å². The van der Waals surface area contributed by atoms with Gasteiger partial charge in [0.1, 0.15) is 5.69 Å². The van der Waals surface area contributed by atoms with Crippen molar-refractivity contribution in [3.63, 3.8) is 0 Å². The Kier molecular flexibility index (Phi) is 3.17. The number of hydrogen-bond donors (Lipinski definition) is 1. The van der Waals surface area contributed by atoms with Crippen molar-refractivity contribution in [2.24, 2.45) is 0 Å². The number of amides is 1. The minimum absolute atomic E-state index is 0.0779. The molecule has 1 saturated carbocycles. The second-order valence-electron chi connectivity index (χ2n) is 5.20. The van der Waals surface area contributed by atoms with Gasteiger partial charge in [0.05, 0.1) is 0 Å². The molecule has 4 heteroatoms. The van der Waals surface area contributed by atoms with Crippen LogP contribution in [-0.2, 0) is 0 Å². The second-order valence-corrected chi connectivity index (χ2v) is 5.20. The fourth-order valence-corrected chi connectivity index (χ4v) is 2.36. The van der Waals surface area contributed by atoms with Gasteiger partial charge < -0.3 is 10.2 Å². The van der Waals surface area contributed by atoms with Crippen LogP contribution in [0.3, 0.4) is 0 Å². The third kappa shape index (κ3) is 2.63. The normalized spacial score (nSPS) is 19.7. The molecule has 1 aliphatic carbocycles. The van der Waals surface area contributed by atoms with E-state index in [4.69, 9.17) is 0 Å². The van der Waals surface area contributed by atoms with Crippen LogP contribution in [0.25, 0.3) is 0 Å².